The van der Waals surface area contributed by atoms with Crippen LogP contribution in [-0.4, -0.2) is 155 Å². The number of hydrogen-bond acceptors (Lipinski definition) is 20. The fourth-order valence-electron chi connectivity index (χ4n) is 5.87. The second-order valence-corrected chi connectivity index (χ2v) is 20.1. The van der Waals surface area contributed by atoms with Crippen molar-refractivity contribution >= 4 is 65.0 Å². The number of esters is 2. The second-order valence-electron chi connectivity index (χ2n) is 14.3. The van der Waals surface area contributed by atoms with E-state index in [0.717, 1.165) is 32.1 Å². The molecular weight excluding hydrogens is 943 g/mol. The third kappa shape index (κ3) is 12.3. The Labute approximate surface area is 384 Å². The van der Waals surface area contributed by atoms with Gasteiger partial charge >= 0.3 is 17.9 Å². The van der Waals surface area contributed by atoms with E-state index in [0.29, 0.717) is 51.2 Å². The fourth-order valence-corrected chi connectivity index (χ4v) is 7.59. The number of rotatable bonds is 12. The number of aromatic nitrogens is 12. The zero-order valence-electron chi connectivity index (χ0n) is 38.4. The van der Waals surface area contributed by atoms with Gasteiger partial charge in [-0.15, -0.1) is 15.3 Å². The molecule has 360 valence electrons. The standard InChI is InChI=1S/C13H17N5O4S.2C12H15N5O4S/c1-8-10(18(3)23(5,20)21)7-6-9(14-8)11-12(13(19)22-4)17(2)16-15-11;1-7-9(17(3)22(4,20)21)6-5-8(13-7)10-11(12(18)19)16(2)15-14-10;1-7-8(15-22(4,19)20)5-6-9(13-7)10-11(12(18)21-3)17(2)16-14-10/h6-7H,1-5H3;5-6H,1-4H3,(H,18,19);5-6,15H,1-4H3. The van der Waals surface area contributed by atoms with Gasteiger partial charge in [0, 0.05) is 35.2 Å². The van der Waals surface area contributed by atoms with Gasteiger partial charge in [-0.25, -0.2) is 68.6 Å². The Morgan fingerprint density at radius 1 is 0.567 bits per heavy atom. The molecule has 0 radical (unpaired) electrons. The number of carbonyl (C=O) groups excluding carboxylic acids is 2. The molecule has 0 aliphatic rings. The summed E-state index contributed by atoms with van der Waals surface area (Å²) >= 11 is 0. The van der Waals surface area contributed by atoms with E-state index in [2.05, 4.69) is 50.6 Å². The number of nitrogens with zero attached hydrogens (tertiary/aromatic N) is 14. The van der Waals surface area contributed by atoms with Crippen LogP contribution in [0.2, 0.25) is 0 Å². The molecule has 0 amide bonds. The van der Waals surface area contributed by atoms with Crippen molar-refractivity contribution in [2.24, 2.45) is 21.1 Å². The first-order chi connectivity index (χ1) is 31.0. The van der Waals surface area contributed by atoms with E-state index in [1.165, 1.54) is 50.8 Å². The number of anilines is 3. The van der Waals surface area contributed by atoms with Crippen LogP contribution in [0.5, 0.6) is 0 Å². The summed E-state index contributed by atoms with van der Waals surface area (Å²) in [4.78, 5) is 47.7. The number of methoxy groups -OCH3 is 2. The maximum absolute atomic E-state index is 11.8. The van der Waals surface area contributed by atoms with Crippen LogP contribution in [0.25, 0.3) is 34.2 Å². The largest absolute Gasteiger partial charge is 0.476 e. The molecule has 0 saturated heterocycles. The van der Waals surface area contributed by atoms with Gasteiger partial charge in [-0.05, 0) is 57.2 Å². The average molecular weight is 990 g/mol. The summed E-state index contributed by atoms with van der Waals surface area (Å²) in [5.74, 6) is -2.33. The molecule has 0 atom stereocenters. The quantitative estimate of drug-likeness (QED) is 0.161. The maximum atomic E-state index is 11.8. The number of carboxylic acids is 1. The van der Waals surface area contributed by atoms with Crippen LogP contribution in [-0.2, 0) is 60.7 Å². The van der Waals surface area contributed by atoms with Crippen LogP contribution < -0.4 is 13.3 Å². The first-order valence-electron chi connectivity index (χ1n) is 18.9. The number of carbonyl (C=O) groups is 3. The van der Waals surface area contributed by atoms with Gasteiger partial charge in [0.1, 0.15) is 17.1 Å². The Morgan fingerprint density at radius 2 is 0.896 bits per heavy atom. The van der Waals surface area contributed by atoms with E-state index in [-0.39, 0.29) is 34.2 Å². The number of pyridine rings is 3. The molecule has 0 aliphatic heterocycles. The molecular formula is C37H47N15O12S3. The van der Waals surface area contributed by atoms with Crippen LogP contribution in [0.3, 0.4) is 0 Å². The van der Waals surface area contributed by atoms with Crippen molar-refractivity contribution in [1.82, 2.24) is 59.9 Å². The molecule has 67 heavy (non-hydrogen) atoms. The Kier molecular flexibility index (Phi) is 15.9. The maximum Gasteiger partial charge on any atom is 0.358 e. The van der Waals surface area contributed by atoms with Crippen LogP contribution >= 0.6 is 0 Å². The predicted octanol–water partition coefficient (Wildman–Crippen LogP) is 0.991. The van der Waals surface area contributed by atoms with E-state index in [1.807, 2.05) is 0 Å². The first-order valence-corrected chi connectivity index (χ1v) is 24.5. The summed E-state index contributed by atoms with van der Waals surface area (Å²) in [5, 5.41) is 32.1. The fraction of sp³-hybridized carbons (Fsp3) is 0.351. The summed E-state index contributed by atoms with van der Waals surface area (Å²) in [6.45, 7) is 4.96. The number of sulfonamides is 3. The van der Waals surface area contributed by atoms with Gasteiger partial charge < -0.3 is 14.6 Å². The minimum Gasteiger partial charge on any atom is -0.476 e. The van der Waals surface area contributed by atoms with Gasteiger partial charge in [-0.2, -0.15) is 0 Å². The molecule has 27 nitrogen and oxygen atoms in total. The van der Waals surface area contributed by atoms with Crippen molar-refractivity contribution in [2.75, 3.05) is 60.4 Å². The van der Waals surface area contributed by atoms with E-state index in [1.54, 1.807) is 65.2 Å². The van der Waals surface area contributed by atoms with Gasteiger partial charge in [0.25, 0.3) is 0 Å². The third-order valence-electron chi connectivity index (χ3n) is 9.34. The van der Waals surface area contributed by atoms with Gasteiger partial charge in [-0.1, -0.05) is 15.6 Å². The number of hydrogen-bond donors (Lipinski definition) is 2. The van der Waals surface area contributed by atoms with E-state index < -0.39 is 48.0 Å². The lowest BCUT2D eigenvalue weighted by molar-refractivity contribution is 0.0580. The predicted molar refractivity (Wildman–Crippen MR) is 242 cm³/mol. The number of aryl methyl sites for hydroxylation is 6. The van der Waals surface area contributed by atoms with Crippen molar-refractivity contribution in [2.45, 2.75) is 20.8 Å². The monoisotopic (exact) mass is 989 g/mol. The lowest BCUT2D eigenvalue weighted by Gasteiger charge is -2.18. The number of aromatic carboxylic acids is 1. The third-order valence-corrected chi connectivity index (χ3v) is 12.3. The Bertz CT molecular complexity index is 3200. The molecule has 2 N–H and O–H groups in total. The average Bonchev–Trinajstić information content (AvgIpc) is 3.95. The highest BCUT2D eigenvalue weighted by molar-refractivity contribution is 7.92. The molecule has 0 spiro atoms. The van der Waals surface area contributed by atoms with Gasteiger partial charge in [0.15, 0.2) is 17.1 Å². The second kappa shape index (κ2) is 20.4. The Morgan fingerprint density at radius 3 is 1.19 bits per heavy atom. The van der Waals surface area contributed by atoms with Gasteiger partial charge in [0.05, 0.1) is 84.2 Å². The molecule has 6 rings (SSSR count). The molecule has 6 aromatic heterocycles. The van der Waals surface area contributed by atoms with Crippen LogP contribution in [0.15, 0.2) is 36.4 Å². The molecule has 0 aromatic carbocycles. The van der Waals surface area contributed by atoms with Crippen molar-refractivity contribution in [3.63, 3.8) is 0 Å². The van der Waals surface area contributed by atoms with Crippen molar-refractivity contribution in [1.29, 1.82) is 0 Å². The molecule has 0 fully saturated rings. The van der Waals surface area contributed by atoms with Crippen LogP contribution in [0.4, 0.5) is 17.1 Å². The molecule has 0 bridgehead atoms. The summed E-state index contributed by atoms with van der Waals surface area (Å²) in [7, 11) is -0.192. The minimum atomic E-state index is -3.41. The van der Waals surface area contributed by atoms with Crippen molar-refractivity contribution < 1.29 is 54.2 Å². The molecule has 30 heteroatoms. The summed E-state index contributed by atoms with van der Waals surface area (Å²) in [6, 6.07) is 9.36. The van der Waals surface area contributed by atoms with E-state index in [4.69, 9.17) is 9.47 Å². The zero-order valence-corrected chi connectivity index (χ0v) is 40.8. The topological polar surface area (TPSA) is 342 Å². The molecule has 0 unspecified atom stereocenters. The Balaban J connectivity index is 0.000000219. The molecule has 0 aliphatic carbocycles. The Hall–Kier alpha value is -7.47. The first kappa shape index (κ1) is 52.2. The van der Waals surface area contributed by atoms with E-state index >= 15 is 0 Å². The molecule has 6 heterocycles. The lowest BCUT2D eigenvalue weighted by Crippen LogP contribution is -2.25. The lowest BCUT2D eigenvalue weighted by atomic mass is 10.2. The minimum absolute atomic E-state index is 0.0869. The van der Waals surface area contributed by atoms with E-state index in [9.17, 15) is 44.7 Å². The molecule has 0 saturated carbocycles. The van der Waals surface area contributed by atoms with Crippen molar-refractivity contribution in [3.05, 3.63) is 70.6 Å². The molecule has 6 aromatic rings. The highest BCUT2D eigenvalue weighted by Crippen LogP contribution is 2.28. The zero-order chi connectivity index (χ0) is 50.5. The smallest absolute Gasteiger partial charge is 0.358 e. The number of nitrogens with one attached hydrogen (secondary N) is 1. The normalized spacial score (nSPS) is 11.4. The number of carboxylic acid groups (broad SMARTS) is 1. The summed E-state index contributed by atoms with van der Waals surface area (Å²) < 4.78 is 86.7. The van der Waals surface area contributed by atoms with Crippen LogP contribution in [0, 0.1) is 20.8 Å². The highest BCUT2D eigenvalue weighted by Gasteiger charge is 2.25. The van der Waals surface area contributed by atoms with Gasteiger partial charge in [0.2, 0.25) is 30.1 Å². The SMILES string of the molecule is COC(=O)c1c(-c2ccc(N(C)S(C)(=O)=O)c(C)n2)nnn1C.COC(=O)c1c(-c2ccc(NS(C)(=O)=O)c(C)n2)nnn1C.Cc1nc(-c2nnn(C)c2C(=O)O)ccc1N(C)S(C)(=O)=O. The summed E-state index contributed by atoms with van der Waals surface area (Å²) in [5.41, 5.74) is 4.61. The van der Waals surface area contributed by atoms with Crippen molar-refractivity contribution in [3.8, 4) is 34.2 Å². The van der Waals surface area contributed by atoms with Crippen LogP contribution in [0.1, 0.15) is 48.5 Å². The van der Waals surface area contributed by atoms with Gasteiger partial charge in [-0.3, -0.25) is 13.3 Å². The number of ether oxygens (including phenoxy) is 2. The highest BCUT2D eigenvalue weighted by atomic mass is 32.2. The summed E-state index contributed by atoms with van der Waals surface area (Å²) in [6.07, 6.45) is 3.25.